The third-order valence-corrected chi connectivity index (χ3v) is 4.31. The van der Waals surface area contributed by atoms with Crippen LogP contribution in [0, 0.1) is 18.3 Å². The number of unbranched alkanes of at least 4 members (excludes halogenated alkanes) is 4. The molecule has 1 nitrogen and oxygen atoms in total. The van der Waals surface area contributed by atoms with E-state index in [1.54, 1.807) is 0 Å². The summed E-state index contributed by atoms with van der Waals surface area (Å²) in [6.45, 7) is 8.74. The minimum atomic E-state index is 0.405. The van der Waals surface area contributed by atoms with Crippen LogP contribution in [-0.4, -0.2) is 0 Å². The highest BCUT2D eigenvalue weighted by Gasteiger charge is 2.01. The summed E-state index contributed by atoms with van der Waals surface area (Å²) in [5, 5.41) is 0. The quantitative estimate of drug-likeness (QED) is 0.165. The van der Waals surface area contributed by atoms with Crippen molar-refractivity contribution in [1.29, 1.82) is 0 Å². The van der Waals surface area contributed by atoms with E-state index in [9.17, 15) is 0 Å². The van der Waals surface area contributed by atoms with Crippen LogP contribution in [0.2, 0.25) is 0 Å². The smallest absolute Gasteiger partial charge is 0.0302 e. The van der Waals surface area contributed by atoms with Crippen molar-refractivity contribution in [3.05, 3.63) is 47.2 Å². The Morgan fingerprint density at radius 3 is 2.44 bits per heavy atom. The van der Waals surface area contributed by atoms with Crippen LogP contribution in [-0.2, 0) is 0 Å². The molecule has 0 aliphatic rings. The normalized spacial score (nSPS) is 14.8. The van der Waals surface area contributed by atoms with E-state index < -0.39 is 0 Å². The minimum Gasteiger partial charge on any atom is -0.399 e. The van der Waals surface area contributed by atoms with Crippen molar-refractivity contribution in [2.75, 3.05) is 0 Å². The summed E-state index contributed by atoms with van der Waals surface area (Å²) in [5.74, 6) is 3.24. The molecule has 0 fully saturated rings. The fourth-order valence-electron chi connectivity index (χ4n) is 2.76. The molecular formula is C24H39N. The molecule has 25 heavy (non-hydrogen) atoms. The van der Waals surface area contributed by atoms with E-state index in [1.165, 1.54) is 31.3 Å². The monoisotopic (exact) mass is 341 g/mol. The summed E-state index contributed by atoms with van der Waals surface area (Å²) in [5.41, 5.74) is 9.44. The lowest BCUT2D eigenvalue weighted by Gasteiger charge is -2.08. The zero-order valence-electron chi connectivity index (χ0n) is 17.0. The number of terminal acetylenes is 1. The first kappa shape index (κ1) is 23.3. The van der Waals surface area contributed by atoms with Crippen molar-refractivity contribution in [3.63, 3.8) is 0 Å². The first-order valence-corrected chi connectivity index (χ1v) is 10.1. The summed E-state index contributed by atoms with van der Waals surface area (Å²) in [7, 11) is 0. The maximum atomic E-state index is 6.19. The first-order chi connectivity index (χ1) is 12.1. The topological polar surface area (TPSA) is 26.0 Å². The summed E-state index contributed by atoms with van der Waals surface area (Å²) < 4.78 is 0. The average molecular weight is 342 g/mol. The molecule has 0 rings (SSSR count). The Hall–Kier alpha value is -1.68. The molecule has 2 N–H and O–H groups in total. The van der Waals surface area contributed by atoms with E-state index in [1.807, 2.05) is 0 Å². The number of hydrogen-bond acceptors (Lipinski definition) is 1. The fourth-order valence-corrected chi connectivity index (χ4v) is 2.76. The highest BCUT2D eigenvalue weighted by atomic mass is 14.6. The van der Waals surface area contributed by atoms with E-state index in [2.05, 4.69) is 64.0 Å². The highest BCUT2D eigenvalue weighted by Crippen LogP contribution is 2.16. The van der Waals surface area contributed by atoms with Crippen LogP contribution in [0.1, 0.15) is 85.5 Å². The lowest BCUT2D eigenvalue weighted by atomic mass is 10.00. The molecule has 0 heterocycles. The lowest BCUT2D eigenvalue weighted by Crippen LogP contribution is -2.02. The molecule has 0 aromatic carbocycles. The zero-order valence-corrected chi connectivity index (χ0v) is 17.0. The van der Waals surface area contributed by atoms with Crippen molar-refractivity contribution in [3.8, 4) is 12.3 Å². The Morgan fingerprint density at radius 1 is 1.08 bits per heavy atom. The molecule has 0 aromatic heterocycles. The van der Waals surface area contributed by atoms with Gasteiger partial charge in [0.25, 0.3) is 0 Å². The summed E-state index contributed by atoms with van der Waals surface area (Å²) >= 11 is 0. The Kier molecular flexibility index (Phi) is 14.8. The van der Waals surface area contributed by atoms with Gasteiger partial charge in [-0.25, -0.2) is 0 Å². The molecule has 0 saturated heterocycles. The van der Waals surface area contributed by atoms with E-state index in [4.69, 9.17) is 12.2 Å². The van der Waals surface area contributed by atoms with E-state index in [0.717, 1.165) is 43.4 Å². The Labute approximate surface area is 157 Å². The second-order valence-corrected chi connectivity index (χ2v) is 6.72. The number of hydrogen-bond donors (Lipinski definition) is 1. The Balaban J connectivity index is 4.45. The van der Waals surface area contributed by atoms with E-state index >= 15 is 0 Å². The van der Waals surface area contributed by atoms with Gasteiger partial charge in [0.2, 0.25) is 0 Å². The van der Waals surface area contributed by atoms with Gasteiger partial charge < -0.3 is 5.73 Å². The minimum absolute atomic E-state index is 0.405. The molecule has 0 amide bonds. The molecule has 1 atom stereocenters. The molecule has 0 aliphatic heterocycles. The average Bonchev–Trinajstić information content (AvgIpc) is 2.62. The number of rotatable bonds is 13. The van der Waals surface area contributed by atoms with Gasteiger partial charge in [-0.05, 0) is 50.0 Å². The van der Waals surface area contributed by atoms with Gasteiger partial charge in [0, 0.05) is 11.3 Å². The zero-order chi connectivity index (χ0) is 18.9. The molecule has 1 unspecified atom stereocenters. The maximum Gasteiger partial charge on any atom is 0.0302 e. The SMILES string of the molecule is C#C/C(=C\C(C)C/C=C(N)\C(=C/CC)CC)C/C=C\CCCCCC. The maximum absolute atomic E-state index is 6.19. The van der Waals surface area contributed by atoms with Crippen LogP contribution in [0.15, 0.2) is 47.2 Å². The molecule has 0 bridgehead atoms. The van der Waals surface area contributed by atoms with Crippen LogP contribution in [0.5, 0.6) is 0 Å². The highest BCUT2D eigenvalue weighted by molar-refractivity contribution is 5.30. The number of allylic oxidation sites excluding steroid dienone is 7. The second kappa shape index (κ2) is 15.8. The molecule has 0 spiro atoms. The Bertz CT molecular complexity index is 497. The standard InChI is InChI=1S/C24H39N/c1-6-10-11-12-13-14-15-17-22(8-3)20-21(5)18-19-24(25)23(9-4)16-7-2/h3,14-16,19-21H,6-7,9-13,17-18,25H2,1-2,4-5H3/b15-14-,22-20+,23-16-,24-19+. The van der Waals surface area contributed by atoms with Crippen LogP contribution >= 0.6 is 0 Å². The van der Waals surface area contributed by atoms with Crippen molar-refractivity contribution in [2.24, 2.45) is 11.7 Å². The number of nitrogens with two attached hydrogens (primary N) is 1. The molecule has 140 valence electrons. The molecule has 0 radical (unpaired) electrons. The van der Waals surface area contributed by atoms with Crippen LogP contribution < -0.4 is 5.73 Å². The van der Waals surface area contributed by atoms with E-state index in [-0.39, 0.29) is 0 Å². The molecule has 1 heteroatoms. The van der Waals surface area contributed by atoms with Gasteiger partial charge in [-0.2, -0.15) is 0 Å². The van der Waals surface area contributed by atoms with Gasteiger partial charge in [0.05, 0.1) is 0 Å². The van der Waals surface area contributed by atoms with Gasteiger partial charge in [-0.3, -0.25) is 0 Å². The van der Waals surface area contributed by atoms with Gasteiger partial charge in [0.15, 0.2) is 0 Å². The predicted molar refractivity (Wildman–Crippen MR) is 114 cm³/mol. The lowest BCUT2D eigenvalue weighted by molar-refractivity contribution is 0.674. The largest absolute Gasteiger partial charge is 0.399 e. The molecule has 0 aromatic rings. The summed E-state index contributed by atoms with van der Waals surface area (Å²) in [6, 6.07) is 0. The van der Waals surface area contributed by atoms with Crippen LogP contribution in [0.25, 0.3) is 0 Å². The second-order valence-electron chi connectivity index (χ2n) is 6.72. The predicted octanol–water partition coefficient (Wildman–Crippen LogP) is 7.08. The molecule has 0 saturated carbocycles. The van der Waals surface area contributed by atoms with E-state index in [0.29, 0.717) is 5.92 Å². The van der Waals surface area contributed by atoms with Crippen molar-refractivity contribution in [1.82, 2.24) is 0 Å². The van der Waals surface area contributed by atoms with Crippen molar-refractivity contribution >= 4 is 0 Å². The summed E-state index contributed by atoms with van der Waals surface area (Å²) in [6.07, 6.45) is 26.9. The fraction of sp³-hybridized carbons (Fsp3) is 0.583. The van der Waals surface area contributed by atoms with Crippen LogP contribution in [0.3, 0.4) is 0 Å². The van der Waals surface area contributed by atoms with Gasteiger partial charge in [-0.15, -0.1) is 6.42 Å². The van der Waals surface area contributed by atoms with Crippen molar-refractivity contribution in [2.45, 2.75) is 85.5 Å². The third-order valence-electron chi connectivity index (χ3n) is 4.31. The Morgan fingerprint density at radius 2 is 1.84 bits per heavy atom. The molecular weight excluding hydrogens is 302 g/mol. The van der Waals surface area contributed by atoms with Crippen LogP contribution in [0.4, 0.5) is 0 Å². The molecule has 0 aliphatic carbocycles. The summed E-state index contributed by atoms with van der Waals surface area (Å²) in [4.78, 5) is 0. The van der Waals surface area contributed by atoms with Crippen molar-refractivity contribution < 1.29 is 0 Å². The van der Waals surface area contributed by atoms with Gasteiger partial charge in [-0.1, -0.05) is 83.3 Å². The van der Waals surface area contributed by atoms with Gasteiger partial charge >= 0.3 is 0 Å². The van der Waals surface area contributed by atoms with Gasteiger partial charge in [0.1, 0.15) is 0 Å². The first-order valence-electron chi connectivity index (χ1n) is 10.1. The third kappa shape index (κ3) is 12.3.